The van der Waals surface area contributed by atoms with Gasteiger partial charge in [-0.1, -0.05) is 0 Å². The first-order chi connectivity index (χ1) is 3.46. The van der Waals surface area contributed by atoms with Crippen molar-refractivity contribution in [3.8, 4) is 0 Å². The molecule has 0 saturated heterocycles. The monoisotopic (exact) mass is 254 g/mol. The van der Waals surface area contributed by atoms with Gasteiger partial charge in [0.1, 0.15) is 0 Å². The molecule has 6 nitrogen and oxygen atoms in total. The zero-order valence-corrected chi connectivity index (χ0v) is 7.54. The number of hydrogen-bond acceptors (Lipinski definition) is 6. The molecule has 0 atom stereocenters. The van der Waals surface area contributed by atoms with Crippen LogP contribution in [0.15, 0.2) is 0 Å². The molecule has 0 saturated carbocycles. The summed E-state index contributed by atoms with van der Waals surface area (Å²) >= 11 is 0. The molecule has 0 spiro atoms. The molecule has 52 valence electrons. The molecule has 0 aliphatic heterocycles. The van der Waals surface area contributed by atoms with Gasteiger partial charge in [-0.2, -0.15) is 0 Å². The van der Waals surface area contributed by atoms with Crippen molar-refractivity contribution in [3.05, 3.63) is 0 Å². The zero-order chi connectivity index (χ0) is 7.15. The molecule has 0 aromatic rings. The second kappa shape index (κ2) is 10.8. The van der Waals surface area contributed by atoms with E-state index in [1.165, 1.54) is 0 Å². The summed E-state index contributed by atoms with van der Waals surface area (Å²) in [6.45, 7) is 0. The van der Waals surface area contributed by atoms with Gasteiger partial charge in [-0.3, -0.25) is 0 Å². The molecular weight excluding hydrogens is 253 g/mol. The molecule has 0 unspecified atom stereocenters. The summed E-state index contributed by atoms with van der Waals surface area (Å²) in [7, 11) is -7.26. The first-order valence-electron chi connectivity index (χ1n) is 1.22. The Morgan fingerprint density at radius 2 is 0.778 bits per heavy atom. The Bertz CT molecular complexity index is 69.1. The smallest absolute Gasteiger partial charge is 0.672 e. The van der Waals surface area contributed by atoms with E-state index in [9.17, 15) is 0 Å². The second-order valence-corrected chi connectivity index (χ2v) is 1.50. The molecule has 9 heavy (non-hydrogen) atoms. The van der Waals surface area contributed by atoms with Gasteiger partial charge < -0.3 is 28.1 Å². The quantitative estimate of drug-likeness (QED) is 0.396. The predicted molar refractivity (Wildman–Crippen MR) is 12.9 cm³/mol. The van der Waals surface area contributed by atoms with Gasteiger partial charge in [-0.25, -0.2) is 0 Å². The van der Waals surface area contributed by atoms with Crippen LogP contribution in [0.3, 0.4) is 0 Å². The third-order valence-electron chi connectivity index (χ3n) is 0. The SMILES string of the molecule is O=[Si]([O-])[O-].O=[Si]([O-])[O-].[Ru+4]. The molecule has 9 heteroatoms. The Morgan fingerprint density at radius 3 is 0.778 bits per heavy atom. The van der Waals surface area contributed by atoms with Crippen molar-refractivity contribution in [1.29, 1.82) is 0 Å². The van der Waals surface area contributed by atoms with Crippen molar-refractivity contribution in [2.45, 2.75) is 0 Å². The summed E-state index contributed by atoms with van der Waals surface area (Å²) in [5.74, 6) is 0. The summed E-state index contributed by atoms with van der Waals surface area (Å²) in [5, 5.41) is 0. The third-order valence-corrected chi connectivity index (χ3v) is 0. The van der Waals surface area contributed by atoms with Gasteiger partial charge >= 0.3 is 19.5 Å². The van der Waals surface area contributed by atoms with E-state index < -0.39 is 18.3 Å². The number of hydrogen-bond donors (Lipinski definition) is 0. The first-order valence-corrected chi connectivity index (χ1v) is 3.67. The average Bonchev–Trinajstić information content (AvgIpc) is 1.25. The molecule has 0 bridgehead atoms. The molecule has 0 aromatic carbocycles. The molecule has 0 aliphatic rings. The van der Waals surface area contributed by atoms with E-state index in [0.717, 1.165) is 0 Å². The van der Waals surface area contributed by atoms with Crippen LogP contribution in [0.1, 0.15) is 0 Å². The van der Waals surface area contributed by atoms with Gasteiger partial charge in [0.2, 0.25) is 0 Å². The van der Waals surface area contributed by atoms with Gasteiger partial charge in [-0.05, 0) is 0 Å². The van der Waals surface area contributed by atoms with Crippen LogP contribution in [0.5, 0.6) is 0 Å². The predicted octanol–water partition coefficient (Wildman–Crippen LogP) is -5.76. The van der Waals surface area contributed by atoms with Crippen molar-refractivity contribution in [3.63, 3.8) is 0 Å². The minimum atomic E-state index is -3.63. The summed E-state index contributed by atoms with van der Waals surface area (Å²) in [6.07, 6.45) is 0. The van der Waals surface area contributed by atoms with E-state index in [1.807, 2.05) is 0 Å². The summed E-state index contributed by atoms with van der Waals surface area (Å²) in [6, 6.07) is 0. The van der Waals surface area contributed by atoms with Crippen LogP contribution in [0, 0.1) is 0 Å². The molecule has 0 fully saturated rings. The fourth-order valence-corrected chi connectivity index (χ4v) is 0. The largest absolute Gasteiger partial charge is 4.00 e. The fourth-order valence-electron chi connectivity index (χ4n) is 0. The van der Waals surface area contributed by atoms with Crippen molar-refractivity contribution >= 4 is 18.3 Å². The maximum atomic E-state index is 8.52. The van der Waals surface area contributed by atoms with Gasteiger partial charge in [0, 0.05) is 18.3 Å². The van der Waals surface area contributed by atoms with E-state index in [4.69, 9.17) is 28.1 Å². The topological polar surface area (TPSA) is 126 Å². The zero-order valence-electron chi connectivity index (χ0n) is 3.80. The Balaban J connectivity index is -0.0000000720. The normalized spacial score (nSPS) is 5.33. The average molecular weight is 253 g/mol. The molecule has 0 rings (SSSR count). The van der Waals surface area contributed by atoms with Gasteiger partial charge in [0.05, 0.1) is 0 Å². The maximum Gasteiger partial charge on any atom is 4.00 e. The van der Waals surface area contributed by atoms with Gasteiger partial charge in [-0.15, -0.1) is 0 Å². The van der Waals surface area contributed by atoms with Crippen LogP contribution in [-0.2, 0) is 28.4 Å². The first kappa shape index (κ1) is 15.9. The molecule has 0 aliphatic carbocycles. The van der Waals surface area contributed by atoms with Crippen LogP contribution < -0.4 is 19.2 Å². The molecule has 0 heterocycles. The van der Waals surface area contributed by atoms with E-state index >= 15 is 0 Å². The third kappa shape index (κ3) is 13200. The molecule has 0 N–H and O–H groups in total. The minimum absolute atomic E-state index is 0. The molecule has 0 aromatic heterocycles. The Labute approximate surface area is 66.3 Å². The minimum Gasteiger partial charge on any atom is -0.672 e. The van der Waals surface area contributed by atoms with E-state index in [2.05, 4.69) is 0 Å². The Kier molecular flexibility index (Phi) is 19.1. The summed E-state index contributed by atoms with van der Waals surface area (Å²) in [4.78, 5) is 34.1. The maximum absolute atomic E-state index is 8.52. The summed E-state index contributed by atoms with van der Waals surface area (Å²) in [5.41, 5.74) is 0. The summed E-state index contributed by atoms with van der Waals surface area (Å²) < 4.78 is 17.0. The van der Waals surface area contributed by atoms with Crippen LogP contribution in [0.4, 0.5) is 0 Å². The molecule has 0 radical (unpaired) electrons. The second-order valence-electron chi connectivity index (χ2n) is 0.500. The van der Waals surface area contributed by atoms with Gasteiger partial charge in [0.25, 0.3) is 0 Å². The van der Waals surface area contributed by atoms with E-state index in [1.54, 1.807) is 0 Å². The molecular formula is O6RuSi2. The van der Waals surface area contributed by atoms with Crippen LogP contribution in [0.25, 0.3) is 0 Å². The van der Waals surface area contributed by atoms with Crippen LogP contribution in [-0.4, -0.2) is 18.3 Å². The van der Waals surface area contributed by atoms with Crippen molar-refractivity contribution < 1.29 is 47.6 Å². The van der Waals surface area contributed by atoms with E-state index in [-0.39, 0.29) is 19.5 Å². The van der Waals surface area contributed by atoms with Crippen molar-refractivity contribution in [1.82, 2.24) is 0 Å². The van der Waals surface area contributed by atoms with Crippen LogP contribution >= 0.6 is 0 Å². The Morgan fingerprint density at radius 1 is 0.778 bits per heavy atom. The van der Waals surface area contributed by atoms with Crippen LogP contribution in [0.2, 0.25) is 0 Å². The number of rotatable bonds is 0. The van der Waals surface area contributed by atoms with Crippen molar-refractivity contribution in [2.24, 2.45) is 0 Å². The standard InChI is InChI=1S/2O3Si.Ru/c2*1-4(2)3;/q2*-2;+4. The van der Waals surface area contributed by atoms with E-state index in [0.29, 0.717) is 0 Å². The van der Waals surface area contributed by atoms with Crippen molar-refractivity contribution in [2.75, 3.05) is 0 Å². The fraction of sp³-hybridized carbons (Fsp3) is 0. The molecule has 0 amide bonds. The van der Waals surface area contributed by atoms with Gasteiger partial charge in [0.15, 0.2) is 0 Å². The Hall–Kier alpha value is -0.143.